The van der Waals surface area contributed by atoms with Crippen molar-refractivity contribution in [2.75, 3.05) is 29.9 Å². The van der Waals surface area contributed by atoms with Crippen LogP contribution in [0, 0.1) is 0 Å². The summed E-state index contributed by atoms with van der Waals surface area (Å²) in [5.74, 6) is 2.48. The average molecular weight is 394 g/mol. The van der Waals surface area contributed by atoms with Crippen molar-refractivity contribution in [2.45, 2.75) is 64.1 Å². The molecule has 3 heterocycles. The zero-order chi connectivity index (χ0) is 19.6. The number of nitrogens with zero attached hydrogens (tertiary/aromatic N) is 3. The van der Waals surface area contributed by atoms with Crippen LogP contribution < -0.4 is 15.5 Å². The molecule has 1 unspecified atom stereocenters. The van der Waals surface area contributed by atoms with Crippen molar-refractivity contribution < 1.29 is 4.74 Å². The molecular formula is C23H31N5O. The van der Waals surface area contributed by atoms with Crippen LogP contribution >= 0.6 is 0 Å². The summed E-state index contributed by atoms with van der Waals surface area (Å²) in [6.07, 6.45) is 7.01. The van der Waals surface area contributed by atoms with E-state index in [9.17, 15) is 0 Å². The Morgan fingerprint density at radius 1 is 1.07 bits per heavy atom. The van der Waals surface area contributed by atoms with Gasteiger partial charge in [-0.2, -0.15) is 4.98 Å². The Morgan fingerprint density at radius 2 is 1.90 bits per heavy atom. The van der Waals surface area contributed by atoms with E-state index >= 15 is 0 Å². The number of ether oxygens (including phenoxy) is 1. The van der Waals surface area contributed by atoms with Crippen LogP contribution in [0.5, 0.6) is 0 Å². The maximum Gasteiger partial charge on any atom is 0.227 e. The fraction of sp³-hybridized carbons (Fsp3) is 0.565. The van der Waals surface area contributed by atoms with Gasteiger partial charge in [-0.15, -0.1) is 0 Å². The monoisotopic (exact) mass is 393 g/mol. The number of rotatable bonds is 4. The Labute approximate surface area is 173 Å². The minimum absolute atomic E-state index is 0.211. The van der Waals surface area contributed by atoms with Gasteiger partial charge in [0.25, 0.3) is 0 Å². The molecule has 1 aromatic carbocycles. The van der Waals surface area contributed by atoms with Crippen LogP contribution in [0.25, 0.3) is 0 Å². The second-order valence-corrected chi connectivity index (χ2v) is 8.61. The van der Waals surface area contributed by atoms with Gasteiger partial charge in [0, 0.05) is 37.4 Å². The smallest absolute Gasteiger partial charge is 0.227 e. The van der Waals surface area contributed by atoms with Crippen LogP contribution in [0.3, 0.4) is 0 Å². The first kappa shape index (κ1) is 18.8. The van der Waals surface area contributed by atoms with Gasteiger partial charge < -0.3 is 20.3 Å². The standard InChI is InChI=1S/C23H31N5O/c1-16-15-28(11-12-29-16)23-26-21-14-24-13-20(21)22(27-23)25-19-9-7-18(8-10-19)17-5-3-2-4-6-17/h7-10,16-17,24H,2-6,11-15H2,1H3,(H,25,26,27). The molecule has 0 bridgehead atoms. The van der Waals surface area contributed by atoms with Crippen molar-refractivity contribution in [1.82, 2.24) is 15.3 Å². The van der Waals surface area contributed by atoms with E-state index in [0.717, 1.165) is 61.9 Å². The Kier molecular flexibility index (Phi) is 5.38. The Morgan fingerprint density at radius 3 is 2.69 bits per heavy atom. The van der Waals surface area contributed by atoms with Gasteiger partial charge in [-0.3, -0.25) is 0 Å². The molecule has 5 rings (SSSR count). The topological polar surface area (TPSA) is 62.3 Å². The number of nitrogens with one attached hydrogen (secondary N) is 2. The van der Waals surface area contributed by atoms with Gasteiger partial charge in [-0.05, 0) is 43.4 Å². The molecule has 6 nitrogen and oxygen atoms in total. The lowest BCUT2D eigenvalue weighted by Crippen LogP contribution is -2.42. The first-order chi connectivity index (χ1) is 14.3. The van der Waals surface area contributed by atoms with Crippen molar-refractivity contribution in [2.24, 2.45) is 0 Å². The minimum Gasteiger partial charge on any atom is -0.375 e. The summed E-state index contributed by atoms with van der Waals surface area (Å²) in [5, 5.41) is 7.00. The largest absolute Gasteiger partial charge is 0.375 e. The quantitative estimate of drug-likeness (QED) is 0.816. The number of hydrogen-bond donors (Lipinski definition) is 2. The molecule has 1 saturated carbocycles. The summed E-state index contributed by atoms with van der Waals surface area (Å²) in [7, 11) is 0. The summed E-state index contributed by atoms with van der Waals surface area (Å²) in [5.41, 5.74) is 4.87. The lowest BCUT2D eigenvalue weighted by atomic mass is 9.84. The number of hydrogen-bond acceptors (Lipinski definition) is 6. The normalized spacial score (nSPS) is 22.5. The molecule has 3 aliphatic rings. The van der Waals surface area contributed by atoms with Crippen LogP contribution in [0.4, 0.5) is 17.5 Å². The van der Waals surface area contributed by atoms with Crippen molar-refractivity contribution in [3.63, 3.8) is 0 Å². The summed E-state index contributed by atoms with van der Waals surface area (Å²) < 4.78 is 5.68. The molecule has 1 aromatic heterocycles. The van der Waals surface area contributed by atoms with Gasteiger partial charge in [0.15, 0.2) is 0 Å². The van der Waals surface area contributed by atoms with Crippen LogP contribution in [-0.2, 0) is 17.8 Å². The lowest BCUT2D eigenvalue weighted by molar-refractivity contribution is 0.0526. The lowest BCUT2D eigenvalue weighted by Gasteiger charge is -2.31. The highest BCUT2D eigenvalue weighted by molar-refractivity contribution is 5.63. The molecule has 6 heteroatoms. The first-order valence-corrected chi connectivity index (χ1v) is 11.1. The summed E-state index contributed by atoms with van der Waals surface area (Å²) in [6.45, 7) is 6.13. The van der Waals surface area contributed by atoms with Gasteiger partial charge in [0.05, 0.1) is 18.4 Å². The van der Waals surface area contributed by atoms with Crippen molar-refractivity contribution in [3.8, 4) is 0 Å². The van der Waals surface area contributed by atoms with E-state index in [-0.39, 0.29) is 6.10 Å². The molecule has 29 heavy (non-hydrogen) atoms. The SMILES string of the molecule is CC1CN(c2nc3c(c(Nc4ccc(C5CCCCC5)cc4)n2)CNC3)CCO1. The van der Waals surface area contributed by atoms with E-state index in [0.29, 0.717) is 0 Å². The molecule has 2 fully saturated rings. The molecule has 1 aliphatic carbocycles. The first-order valence-electron chi connectivity index (χ1n) is 11.1. The fourth-order valence-electron chi connectivity index (χ4n) is 4.81. The summed E-state index contributed by atoms with van der Waals surface area (Å²) >= 11 is 0. The number of aromatic nitrogens is 2. The van der Waals surface area contributed by atoms with Crippen LogP contribution in [0.15, 0.2) is 24.3 Å². The second-order valence-electron chi connectivity index (χ2n) is 8.61. The van der Waals surface area contributed by atoms with Crippen molar-refractivity contribution in [1.29, 1.82) is 0 Å². The minimum atomic E-state index is 0.211. The average Bonchev–Trinajstić information content (AvgIpc) is 3.24. The molecule has 2 N–H and O–H groups in total. The van der Waals surface area contributed by atoms with Crippen molar-refractivity contribution >= 4 is 17.5 Å². The van der Waals surface area contributed by atoms with Crippen molar-refractivity contribution in [3.05, 3.63) is 41.1 Å². The molecular weight excluding hydrogens is 362 g/mol. The van der Waals surface area contributed by atoms with Gasteiger partial charge in [0.2, 0.25) is 5.95 Å². The Balaban J connectivity index is 1.37. The summed E-state index contributed by atoms with van der Waals surface area (Å²) in [4.78, 5) is 12.0. The molecule has 154 valence electrons. The molecule has 1 atom stereocenters. The number of fused-ring (bicyclic) bond motifs is 1. The summed E-state index contributed by atoms with van der Waals surface area (Å²) in [6, 6.07) is 9.00. The Hall–Kier alpha value is -2.18. The molecule has 2 aromatic rings. The molecule has 0 radical (unpaired) electrons. The maximum absolute atomic E-state index is 5.68. The molecule has 0 amide bonds. The molecule has 0 spiro atoms. The maximum atomic E-state index is 5.68. The van der Waals surface area contributed by atoms with Gasteiger partial charge >= 0.3 is 0 Å². The molecule has 2 aliphatic heterocycles. The van der Waals surface area contributed by atoms with E-state index in [1.165, 1.54) is 43.2 Å². The fourth-order valence-corrected chi connectivity index (χ4v) is 4.81. The van der Waals surface area contributed by atoms with Crippen LogP contribution in [0.1, 0.15) is 61.8 Å². The van der Waals surface area contributed by atoms with E-state index in [1.807, 2.05) is 0 Å². The zero-order valence-corrected chi connectivity index (χ0v) is 17.3. The van der Waals surface area contributed by atoms with Crippen LogP contribution in [-0.4, -0.2) is 35.8 Å². The molecule has 1 saturated heterocycles. The van der Waals surface area contributed by atoms with E-state index < -0.39 is 0 Å². The highest BCUT2D eigenvalue weighted by atomic mass is 16.5. The second kappa shape index (κ2) is 8.28. The van der Waals surface area contributed by atoms with E-state index in [2.05, 4.69) is 46.7 Å². The zero-order valence-electron chi connectivity index (χ0n) is 17.3. The van der Waals surface area contributed by atoms with Gasteiger partial charge in [0.1, 0.15) is 5.82 Å². The highest BCUT2D eigenvalue weighted by Gasteiger charge is 2.24. The Bertz CT molecular complexity index is 847. The third-order valence-corrected chi connectivity index (χ3v) is 6.45. The third-order valence-electron chi connectivity index (χ3n) is 6.45. The van der Waals surface area contributed by atoms with E-state index in [1.54, 1.807) is 0 Å². The number of morpholine rings is 1. The number of benzene rings is 1. The van der Waals surface area contributed by atoms with Gasteiger partial charge in [-0.1, -0.05) is 31.4 Å². The predicted molar refractivity (Wildman–Crippen MR) is 116 cm³/mol. The number of anilines is 3. The van der Waals surface area contributed by atoms with Gasteiger partial charge in [-0.25, -0.2) is 4.98 Å². The third kappa shape index (κ3) is 4.09. The predicted octanol–water partition coefficient (Wildman–Crippen LogP) is 4.10. The highest BCUT2D eigenvalue weighted by Crippen LogP contribution is 2.34. The van der Waals surface area contributed by atoms with E-state index in [4.69, 9.17) is 14.7 Å². The van der Waals surface area contributed by atoms with Crippen LogP contribution in [0.2, 0.25) is 0 Å².